The molecule has 0 fully saturated rings. The minimum atomic E-state index is -0.963. The molecule has 1 heterocycles. The number of carbonyl (C=O) groups is 1. The predicted molar refractivity (Wildman–Crippen MR) is 63.0 cm³/mol. The van der Waals surface area contributed by atoms with Crippen LogP contribution in [0.5, 0.6) is 0 Å². The number of hydrogen-bond donors (Lipinski definition) is 2. The third kappa shape index (κ3) is 3.67. The monoisotopic (exact) mass is 218 g/mol. The van der Waals surface area contributed by atoms with Crippen molar-refractivity contribution in [3.8, 4) is 0 Å². The van der Waals surface area contributed by atoms with Crippen molar-refractivity contribution in [1.29, 1.82) is 0 Å². The van der Waals surface area contributed by atoms with Gasteiger partial charge in [-0.2, -0.15) is 0 Å². The zero-order chi connectivity index (χ0) is 12.0. The van der Waals surface area contributed by atoms with Gasteiger partial charge in [0.2, 0.25) is 0 Å². The van der Waals surface area contributed by atoms with Gasteiger partial charge in [-0.3, -0.25) is 9.78 Å². The normalized spacial score (nSPS) is 11.4. The number of carboxylic acid groups (broad SMARTS) is 1. The number of nitrogens with zero attached hydrogens (tertiary/aromatic N) is 1. The molecule has 3 N–H and O–H groups in total. The molecule has 0 saturated carbocycles. The molecule has 0 radical (unpaired) electrons. The molecule has 4 heteroatoms. The first-order valence-electron chi connectivity index (χ1n) is 4.89. The Morgan fingerprint density at radius 2 is 1.88 bits per heavy atom. The molecule has 1 aromatic carbocycles. The van der Waals surface area contributed by atoms with E-state index >= 15 is 0 Å². The van der Waals surface area contributed by atoms with Crippen molar-refractivity contribution < 1.29 is 9.90 Å². The summed E-state index contributed by atoms with van der Waals surface area (Å²) >= 11 is 0. The molecule has 0 aliphatic heterocycles. The predicted octanol–water partition coefficient (Wildman–Crippen LogP) is 1.65. The van der Waals surface area contributed by atoms with Crippen molar-refractivity contribution in [3.05, 3.63) is 42.6 Å². The first-order valence-corrected chi connectivity index (χ1v) is 4.89. The van der Waals surface area contributed by atoms with E-state index < -0.39 is 12.0 Å². The number of fused-ring (bicyclic) bond motifs is 1. The molecule has 0 unspecified atom stereocenters. The van der Waals surface area contributed by atoms with Gasteiger partial charge in [0.1, 0.15) is 6.04 Å². The summed E-state index contributed by atoms with van der Waals surface area (Å²) in [4.78, 5) is 13.8. The highest BCUT2D eigenvalue weighted by molar-refractivity contribution is 5.77. The van der Waals surface area contributed by atoms with Crippen LogP contribution in [0.15, 0.2) is 42.6 Å². The molecule has 0 bridgehead atoms. The van der Waals surface area contributed by atoms with Crippen molar-refractivity contribution in [1.82, 2.24) is 4.98 Å². The van der Waals surface area contributed by atoms with Gasteiger partial charge in [-0.25, -0.2) is 0 Å². The van der Waals surface area contributed by atoms with E-state index in [4.69, 9.17) is 10.8 Å². The summed E-state index contributed by atoms with van der Waals surface area (Å²) in [5.74, 6) is -0.963. The molecule has 16 heavy (non-hydrogen) atoms. The average molecular weight is 218 g/mol. The van der Waals surface area contributed by atoms with E-state index in [1.54, 1.807) is 0 Å². The lowest BCUT2D eigenvalue weighted by Crippen LogP contribution is -2.25. The summed E-state index contributed by atoms with van der Waals surface area (Å²) in [7, 11) is 0. The molecule has 1 aromatic heterocycles. The Kier molecular flexibility index (Phi) is 4.42. The molecule has 0 aliphatic rings. The van der Waals surface area contributed by atoms with Crippen LogP contribution < -0.4 is 5.73 Å². The van der Waals surface area contributed by atoms with Crippen LogP contribution in [-0.4, -0.2) is 22.1 Å². The Morgan fingerprint density at radius 3 is 2.44 bits per heavy atom. The summed E-state index contributed by atoms with van der Waals surface area (Å²) < 4.78 is 0. The van der Waals surface area contributed by atoms with Gasteiger partial charge in [0, 0.05) is 11.6 Å². The molecule has 2 aromatic rings. The van der Waals surface area contributed by atoms with Crippen LogP contribution in [0.25, 0.3) is 10.9 Å². The fourth-order valence-corrected chi connectivity index (χ4v) is 1.02. The van der Waals surface area contributed by atoms with E-state index in [1.807, 2.05) is 30.5 Å². The first kappa shape index (κ1) is 12.1. The molecule has 84 valence electrons. The van der Waals surface area contributed by atoms with Gasteiger partial charge in [-0.15, -0.1) is 0 Å². The summed E-state index contributed by atoms with van der Waals surface area (Å²) in [6, 6.07) is 11.4. The molecular formula is C12H14N2O2. The van der Waals surface area contributed by atoms with Gasteiger partial charge >= 0.3 is 5.97 Å². The largest absolute Gasteiger partial charge is 0.480 e. The van der Waals surface area contributed by atoms with Crippen molar-refractivity contribution in [2.24, 2.45) is 5.73 Å². The Hall–Kier alpha value is -1.94. The van der Waals surface area contributed by atoms with Crippen LogP contribution in [0.4, 0.5) is 0 Å². The standard InChI is InChI=1S/C9H7N.C3H7NO2/c1-2-6-9-8(4-1)5-3-7-10-9;1-2(4)3(5)6/h1-7H;2H,4H2,1H3,(H,5,6)/t;2-/m.0/s1. The van der Waals surface area contributed by atoms with E-state index in [9.17, 15) is 4.79 Å². The zero-order valence-corrected chi connectivity index (χ0v) is 9.00. The van der Waals surface area contributed by atoms with E-state index in [1.165, 1.54) is 12.3 Å². The maximum atomic E-state index is 9.57. The van der Waals surface area contributed by atoms with E-state index in [2.05, 4.69) is 17.1 Å². The lowest BCUT2D eigenvalue weighted by atomic mass is 10.2. The lowest BCUT2D eigenvalue weighted by Gasteiger charge is -1.91. The number of pyridine rings is 1. The molecule has 0 saturated heterocycles. The Morgan fingerprint density at radius 1 is 1.31 bits per heavy atom. The number of para-hydroxylation sites is 1. The fraction of sp³-hybridized carbons (Fsp3) is 0.167. The molecular weight excluding hydrogens is 204 g/mol. The van der Waals surface area contributed by atoms with Crippen LogP contribution >= 0.6 is 0 Å². The second-order valence-corrected chi connectivity index (χ2v) is 3.32. The Balaban J connectivity index is 0.000000187. The number of aliphatic carboxylic acids is 1. The molecule has 2 rings (SSSR count). The van der Waals surface area contributed by atoms with Crippen molar-refractivity contribution >= 4 is 16.9 Å². The molecule has 4 nitrogen and oxygen atoms in total. The number of carboxylic acids is 1. The lowest BCUT2D eigenvalue weighted by molar-refractivity contribution is -0.138. The van der Waals surface area contributed by atoms with Crippen LogP contribution in [-0.2, 0) is 4.79 Å². The van der Waals surface area contributed by atoms with Crippen molar-refractivity contribution in [2.45, 2.75) is 13.0 Å². The maximum absolute atomic E-state index is 9.57. The summed E-state index contributed by atoms with van der Waals surface area (Å²) in [5, 5.41) is 9.06. The highest BCUT2D eigenvalue weighted by atomic mass is 16.4. The highest BCUT2D eigenvalue weighted by Gasteiger charge is 1.99. The number of rotatable bonds is 1. The van der Waals surface area contributed by atoms with E-state index in [-0.39, 0.29) is 0 Å². The van der Waals surface area contributed by atoms with Crippen molar-refractivity contribution in [3.63, 3.8) is 0 Å². The number of aromatic nitrogens is 1. The van der Waals surface area contributed by atoms with Crippen LogP contribution in [0, 0.1) is 0 Å². The minimum absolute atomic E-state index is 0.731. The van der Waals surface area contributed by atoms with Gasteiger partial charge in [0.25, 0.3) is 0 Å². The Bertz CT molecular complexity index is 404. The van der Waals surface area contributed by atoms with Gasteiger partial charge < -0.3 is 10.8 Å². The molecule has 0 spiro atoms. The SMILES string of the molecule is C[C@H](N)C(=O)O.c1ccc2ncccc2c1. The van der Waals surface area contributed by atoms with Crippen LogP contribution in [0.2, 0.25) is 0 Å². The maximum Gasteiger partial charge on any atom is 0.320 e. The smallest absolute Gasteiger partial charge is 0.320 e. The van der Waals surface area contributed by atoms with E-state index in [0.29, 0.717) is 0 Å². The second kappa shape index (κ2) is 5.82. The molecule has 1 atom stereocenters. The van der Waals surface area contributed by atoms with Crippen LogP contribution in [0.1, 0.15) is 6.92 Å². The number of hydrogen-bond acceptors (Lipinski definition) is 3. The third-order valence-corrected chi connectivity index (χ3v) is 1.90. The summed E-state index contributed by atoms with van der Waals surface area (Å²) in [6.07, 6.45) is 1.81. The summed E-state index contributed by atoms with van der Waals surface area (Å²) in [6.45, 7) is 1.42. The Labute approximate surface area is 93.7 Å². The van der Waals surface area contributed by atoms with Gasteiger partial charge in [-0.1, -0.05) is 24.3 Å². The third-order valence-electron chi connectivity index (χ3n) is 1.90. The highest BCUT2D eigenvalue weighted by Crippen LogP contribution is 2.07. The fourth-order valence-electron chi connectivity index (χ4n) is 1.02. The zero-order valence-electron chi connectivity index (χ0n) is 9.00. The number of nitrogens with two attached hydrogens (primary N) is 1. The quantitative estimate of drug-likeness (QED) is 0.763. The first-order chi connectivity index (χ1) is 7.61. The van der Waals surface area contributed by atoms with Crippen LogP contribution in [0.3, 0.4) is 0 Å². The average Bonchev–Trinajstić information content (AvgIpc) is 2.30. The topological polar surface area (TPSA) is 76.2 Å². The second-order valence-electron chi connectivity index (χ2n) is 3.32. The van der Waals surface area contributed by atoms with E-state index in [0.717, 1.165) is 5.52 Å². The van der Waals surface area contributed by atoms with Gasteiger partial charge in [0.15, 0.2) is 0 Å². The van der Waals surface area contributed by atoms with Crippen molar-refractivity contribution in [2.75, 3.05) is 0 Å². The minimum Gasteiger partial charge on any atom is -0.480 e. The van der Waals surface area contributed by atoms with Gasteiger partial charge in [-0.05, 0) is 19.1 Å². The number of benzene rings is 1. The summed E-state index contributed by atoms with van der Waals surface area (Å²) in [5.41, 5.74) is 5.90. The molecule has 0 aliphatic carbocycles. The van der Waals surface area contributed by atoms with Gasteiger partial charge in [0.05, 0.1) is 5.52 Å². The molecule has 0 amide bonds.